The Morgan fingerprint density at radius 3 is 2.50 bits per heavy atom. The van der Waals surface area contributed by atoms with Crippen LogP contribution in [0, 0.1) is 5.92 Å². The van der Waals surface area contributed by atoms with Gasteiger partial charge in [0.05, 0.1) is 0 Å². The van der Waals surface area contributed by atoms with Crippen LogP contribution in [0.5, 0.6) is 0 Å². The van der Waals surface area contributed by atoms with Crippen molar-refractivity contribution in [3.05, 3.63) is 64.1 Å². The van der Waals surface area contributed by atoms with Gasteiger partial charge in [0, 0.05) is 28.0 Å². The standard InChI is InChI=1S/C18H18BrNOS/c1-22-16-8-6-14(7-9-16)18(21)20-11-13(12-20)10-15-4-2-3-5-17(15)19/h2-9,13H,10-12H2,1H3. The van der Waals surface area contributed by atoms with Crippen molar-refractivity contribution in [1.29, 1.82) is 0 Å². The maximum Gasteiger partial charge on any atom is 0.253 e. The fourth-order valence-electron chi connectivity index (χ4n) is 2.76. The first-order chi connectivity index (χ1) is 10.7. The van der Waals surface area contributed by atoms with Crippen molar-refractivity contribution in [2.24, 2.45) is 5.92 Å². The van der Waals surface area contributed by atoms with Crippen LogP contribution in [0.4, 0.5) is 0 Å². The molecule has 1 heterocycles. The lowest BCUT2D eigenvalue weighted by Crippen LogP contribution is -2.50. The Morgan fingerprint density at radius 2 is 1.86 bits per heavy atom. The van der Waals surface area contributed by atoms with Gasteiger partial charge in [0.2, 0.25) is 0 Å². The molecular formula is C18H18BrNOS. The summed E-state index contributed by atoms with van der Waals surface area (Å²) in [6, 6.07) is 16.2. The summed E-state index contributed by atoms with van der Waals surface area (Å²) in [7, 11) is 0. The Bertz CT molecular complexity index is 665. The van der Waals surface area contributed by atoms with E-state index in [2.05, 4.69) is 34.1 Å². The zero-order chi connectivity index (χ0) is 15.5. The summed E-state index contributed by atoms with van der Waals surface area (Å²) < 4.78 is 1.16. The highest BCUT2D eigenvalue weighted by atomic mass is 79.9. The molecule has 0 radical (unpaired) electrons. The summed E-state index contributed by atoms with van der Waals surface area (Å²) in [5.74, 6) is 0.712. The predicted molar refractivity (Wildman–Crippen MR) is 95.5 cm³/mol. The molecule has 2 aromatic rings. The molecule has 0 aromatic heterocycles. The number of halogens is 1. The van der Waals surface area contributed by atoms with Crippen molar-refractivity contribution in [1.82, 2.24) is 4.90 Å². The average molecular weight is 376 g/mol. The predicted octanol–water partition coefficient (Wildman–Crippen LogP) is 4.49. The molecule has 2 nitrogen and oxygen atoms in total. The van der Waals surface area contributed by atoms with Crippen molar-refractivity contribution in [3.8, 4) is 0 Å². The molecule has 0 atom stereocenters. The van der Waals surface area contributed by atoms with E-state index < -0.39 is 0 Å². The number of amides is 1. The summed E-state index contributed by atoms with van der Waals surface area (Å²) in [6.45, 7) is 1.70. The van der Waals surface area contributed by atoms with Gasteiger partial charge in [-0.3, -0.25) is 4.79 Å². The maximum atomic E-state index is 12.4. The van der Waals surface area contributed by atoms with E-state index in [0.29, 0.717) is 5.92 Å². The molecule has 0 saturated carbocycles. The molecule has 4 heteroatoms. The van der Waals surface area contributed by atoms with Crippen LogP contribution in [0.3, 0.4) is 0 Å². The van der Waals surface area contributed by atoms with Crippen LogP contribution in [-0.4, -0.2) is 30.2 Å². The normalized spacial score (nSPS) is 14.7. The van der Waals surface area contributed by atoms with E-state index in [1.807, 2.05) is 41.5 Å². The minimum absolute atomic E-state index is 0.149. The number of hydrogen-bond donors (Lipinski definition) is 0. The lowest BCUT2D eigenvalue weighted by molar-refractivity contribution is 0.0501. The zero-order valence-electron chi connectivity index (χ0n) is 12.5. The molecule has 1 aliphatic heterocycles. The molecule has 1 amide bonds. The van der Waals surface area contributed by atoms with Gasteiger partial charge < -0.3 is 4.90 Å². The summed E-state index contributed by atoms with van der Waals surface area (Å²) in [5, 5.41) is 0. The molecule has 114 valence electrons. The fraction of sp³-hybridized carbons (Fsp3) is 0.278. The van der Waals surface area contributed by atoms with Crippen molar-refractivity contribution >= 4 is 33.6 Å². The summed E-state index contributed by atoms with van der Waals surface area (Å²) in [4.78, 5) is 15.5. The van der Waals surface area contributed by atoms with Gasteiger partial charge in [0.25, 0.3) is 5.91 Å². The molecule has 3 rings (SSSR count). The van der Waals surface area contributed by atoms with Crippen LogP contribution in [0.1, 0.15) is 15.9 Å². The Hall–Kier alpha value is -1.26. The van der Waals surface area contributed by atoms with E-state index in [0.717, 1.165) is 29.5 Å². The number of carbonyl (C=O) groups is 1. The Morgan fingerprint density at radius 1 is 1.18 bits per heavy atom. The SMILES string of the molecule is CSc1ccc(C(=O)N2CC(Cc3ccccc3Br)C2)cc1. The topological polar surface area (TPSA) is 20.3 Å². The molecule has 1 fully saturated rings. The van der Waals surface area contributed by atoms with Gasteiger partial charge in [-0.2, -0.15) is 0 Å². The number of carbonyl (C=O) groups excluding carboxylic acids is 1. The highest BCUT2D eigenvalue weighted by Crippen LogP contribution is 2.26. The number of thioether (sulfide) groups is 1. The van der Waals surface area contributed by atoms with Crippen molar-refractivity contribution in [2.45, 2.75) is 11.3 Å². The van der Waals surface area contributed by atoms with Gasteiger partial charge in [0.1, 0.15) is 0 Å². The van der Waals surface area contributed by atoms with Crippen LogP contribution in [0.15, 0.2) is 57.9 Å². The number of benzene rings is 2. The van der Waals surface area contributed by atoms with Crippen molar-refractivity contribution in [3.63, 3.8) is 0 Å². The van der Waals surface area contributed by atoms with E-state index in [1.165, 1.54) is 10.5 Å². The van der Waals surface area contributed by atoms with E-state index in [4.69, 9.17) is 0 Å². The second-order valence-corrected chi connectivity index (χ2v) is 7.33. The Kier molecular flexibility index (Phi) is 4.89. The Balaban J connectivity index is 1.56. The molecule has 1 saturated heterocycles. The van der Waals surface area contributed by atoms with E-state index in [1.54, 1.807) is 11.8 Å². The monoisotopic (exact) mass is 375 g/mol. The molecule has 1 aliphatic rings. The first-order valence-electron chi connectivity index (χ1n) is 7.34. The lowest BCUT2D eigenvalue weighted by atomic mass is 9.91. The number of rotatable bonds is 4. The lowest BCUT2D eigenvalue weighted by Gasteiger charge is -2.39. The van der Waals surface area contributed by atoms with E-state index in [-0.39, 0.29) is 5.91 Å². The molecule has 0 spiro atoms. The first-order valence-corrected chi connectivity index (χ1v) is 9.36. The van der Waals surface area contributed by atoms with Crippen LogP contribution in [0.25, 0.3) is 0 Å². The molecule has 0 bridgehead atoms. The molecule has 0 unspecified atom stereocenters. The van der Waals surface area contributed by atoms with E-state index in [9.17, 15) is 4.79 Å². The minimum atomic E-state index is 0.149. The second kappa shape index (κ2) is 6.88. The van der Waals surface area contributed by atoms with Crippen LogP contribution in [0.2, 0.25) is 0 Å². The third-order valence-corrected chi connectivity index (χ3v) is 5.56. The van der Waals surface area contributed by atoms with E-state index >= 15 is 0 Å². The summed E-state index contributed by atoms with van der Waals surface area (Å²) in [5.41, 5.74) is 2.11. The second-order valence-electron chi connectivity index (χ2n) is 5.60. The quantitative estimate of drug-likeness (QED) is 0.733. The number of likely N-dealkylation sites (tertiary alicyclic amines) is 1. The molecular weight excluding hydrogens is 358 g/mol. The smallest absolute Gasteiger partial charge is 0.253 e. The molecule has 2 aromatic carbocycles. The zero-order valence-corrected chi connectivity index (χ0v) is 14.9. The maximum absolute atomic E-state index is 12.4. The highest BCUT2D eigenvalue weighted by molar-refractivity contribution is 9.10. The molecule has 0 N–H and O–H groups in total. The van der Waals surface area contributed by atoms with Gasteiger partial charge in [-0.1, -0.05) is 34.1 Å². The average Bonchev–Trinajstić information content (AvgIpc) is 2.51. The highest BCUT2D eigenvalue weighted by Gasteiger charge is 2.31. The number of nitrogens with zero attached hydrogens (tertiary/aromatic N) is 1. The molecule has 0 aliphatic carbocycles. The van der Waals surface area contributed by atoms with Crippen LogP contribution < -0.4 is 0 Å². The summed E-state index contributed by atoms with van der Waals surface area (Å²) in [6.07, 6.45) is 3.06. The van der Waals surface area contributed by atoms with Gasteiger partial charge in [-0.15, -0.1) is 11.8 Å². The number of hydrogen-bond acceptors (Lipinski definition) is 2. The first kappa shape index (κ1) is 15.6. The summed E-state index contributed by atoms with van der Waals surface area (Å²) >= 11 is 5.28. The van der Waals surface area contributed by atoms with Crippen LogP contribution >= 0.6 is 27.7 Å². The third kappa shape index (κ3) is 3.39. The van der Waals surface area contributed by atoms with Gasteiger partial charge in [-0.25, -0.2) is 0 Å². The minimum Gasteiger partial charge on any atom is -0.338 e. The van der Waals surface area contributed by atoms with Gasteiger partial charge >= 0.3 is 0 Å². The van der Waals surface area contributed by atoms with Gasteiger partial charge in [-0.05, 0) is 54.5 Å². The van der Waals surface area contributed by atoms with Gasteiger partial charge in [0.15, 0.2) is 0 Å². The largest absolute Gasteiger partial charge is 0.338 e. The Labute approximate surface area is 144 Å². The van der Waals surface area contributed by atoms with Crippen LogP contribution in [-0.2, 0) is 6.42 Å². The third-order valence-electron chi connectivity index (χ3n) is 4.05. The van der Waals surface area contributed by atoms with Crippen molar-refractivity contribution < 1.29 is 4.79 Å². The molecule has 22 heavy (non-hydrogen) atoms. The van der Waals surface area contributed by atoms with Crippen molar-refractivity contribution in [2.75, 3.05) is 19.3 Å². The fourth-order valence-corrected chi connectivity index (χ4v) is 3.61.